The van der Waals surface area contributed by atoms with Crippen molar-refractivity contribution in [2.75, 3.05) is 6.26 Å². The van der Waals surface area contributed by atoms with Crippen LogP contribution in [0.4, 0.5) is 4.39 Å². The fourth-order valence-corrected chi connectivity index (χ4v) is 5.60. The predicted octanol–water partition coefficient (Wildman–Crippen LogP) is 2.24. The molecule has 0 aliphatic rings. The Morgan fingerprint density at radius 3 is 2.71 bits per heavy atom. The lowest BCUT2D eigenvalue weighted by Crippen LogP contribution is -2.15. The Balaban J connectivity index is 1.71. The van der Waals surface area contributed by atoms with Gasteiger partial charge in [-0.2, -0.15) is 4.39 Å². The molecule has 0 saturated heterocycles. The van der Waals surface area contributed by atoms with Gasteiger partial charge in [-0.1, -0.05) is 6.07 Å². The Kier molecular flexibility index (Phi) is 5.90. The molecule has 2 atom stereocenters. The van der Waals surface area contributed by atoms with Gasteiger partial charge in [0, 0.05) is 18.0 Å². The Morgan fingerprint density at radius 2 is 2.03 bits per heavy atom. The van der Waals surface area contributed by atoms with Crippen molar-refractivity contribution in [2.45, 2.75) is 11.8 Å². The molecule has 3 heterocycles. The molecule has 0 radical (unpaired) electrons. The van der Waals surface area contributed by atoms with Crippen LogP contribution >= 0.6 is 11.3 Å². The maximum Gasteiger partial charge on any atom is 0.241 e. The Bertz CT molecular complexity index is 1370. The highest BCUT2D eigenvalue weighted by atomic mass is 32.2. The van der Waals surface area contributed by atoms with E-state index in [-0.39, 0.29) is 23.3 Å². The Labute approximate surface area is 181 Å². The zero-order valence-electron chi connectivity index (χ0n) is 15.7. The number of pyridine rings is 1. The zero-order chi connectivity index (χ0) is 22.2. The number of aromatic nitrogens is 4. The number of thiazole rings is 1. The number of halogens is 1. The molecule has 0 fully saturated rings. The molecule has 162 valence electrons. The van der Waals surface area contributed by atoms with Crippen LogP contribution in [0.1, 0.15) is 22.0 Å². The summed E-state index contributed by atoms with van der Waals surface area (Å²) in [6.45, 7) is -0.207. The smallest absolute Gasteiger partial charge is 0.241 e. The molecule has 0 bridgehead atoms. The van der Waals surface area contributed by atoms with Crippen LogP contribution in [-0.4, -0.2) is 43.6 Å². The van der Waals surface area contributed by atoms with Gasteiger partial charge in [-0.05, 0) is 29.8 Å². The van der Waals surface area contributed by atoms with Gasteiger partial charge >= 0.3 is 0 Å². The van der Waals surface area contributed by atoms with E-state index in [9.17, 15) is 17.0 Å². The highest BCUT2D eigenvalue weighted by molar-refractivity contribution is 7.91. The van der Waals surface area contributed by atoms with Crippen LogP contribution in [0.2, 0.25) is 0 Å². The van der Waals surface area contributed by atoms with E-state index in [1.807, 2.05) is 6.07 Å². The maximum absolute atomic E-state index is 13.1. The Morgan fingerprint density at radius 1 is 1.26 bits per heavy atom. The molecular formula is C17H14FN5O5S3. The topological polar surface area (TPSA) is 148 Å². The summed E-state index contributed by atoms with van der Waals surface area (Å²) < 4.78 is 65.9. The van der Waals surface area contributed by atoms with E-state index in [4.69, 9.17) is 8.97 Å². The highest BCUT2D eigenvalue weighted by Gasteiger charge is 2.33. The van der Waals surface area contributed by atoms with Crippen molar-refractivity contribution in [3.05, 3.63) is 59.3 Å². The second-order valence-corrected chi connectivity index (χ2v) is 10.4. The summed E-state index contributed by atoms with van der Waals surface area (Å²) in [6.07, 6.45) is 2.44. The molecule has 0 saturated carbocycles. The monoisotopic (exact) mass is 483 g/mol. The van der Waals surface area contributed by atoms with Crippen LogP contribution in [0.5, 0.6) is 0 Å². The van der Waals surface area contributed by atoms with Crippen LogP contribution in [0.3, 0.4) is 0 Å². The molecule has 4 aromatic rings. The van der Waals surface area contributed by atoms with Crippen LogP contribution in [0.15, 0.2) is 40.9 Å². The van der Waals surface area contributed by atoms with Crippen LogP contribution in [0, 0.1) is 5.95 Å². The largest absolute Gasteiger partial charge is 0.422 e. The summed E-state index contributed by atoms with van der Waals surface area (Å²) in [5, 5.41) is 6.45. The molecule has 0 spiro atoms. The quantitative estimate of drug-likeness (QED) is 0.298. The van der Waals surface area contributed by atoms with Crippen LogP contribution < -0.4 is 4.72 Å². The predicted molar refractivity (Wildman–Crippen MR) is 111 cm³/mol. The van der Waals surface area contributed by atoms with Gasteiger partial charge in [0.05, 0.1) is 16.8 Å². The Hall–Kier alpha value is -2.65. The van der Waals surface area contributed by atoms with Gasteiger partial charge in [-0.3, -0.25) is 4.55 Å². The van der Waals surface area contributed by atoms with E-state index in [0.29, 0.717) is 15.8 Å². The summed E-state index contributed by atoms with van der Waals surface area (Å²) in [7, 11) is -3.73. The van der Waals surface area contributed by atoms with E-state index in [2.05, 4.69) is 24.9 Å². The van der Waals surface area contributed by atoms with Gasteiger partial charge in [0.1, 0.15) is 5.01 Å². The average molecular weight is 484 g/mol. The lowest BCUT2D eigenvalue weighted by atomic mass is 10.1. The minimum absolute atomic E-state index is 0.0433. The zero-order valence-corrected chi connectivity index (χ0v) is 18.2. The number of hydrogen-bond donors (Lipinski definition) is 2. The second kappa shape index (κ2) is 8.47. The molecule has 4 rings (SSSR count). The van der Waals surface area contributed by atoms with Gasteiger partial charge < -0.3 is 4.42 Å². The first-order chi connectivity index (χ1) is 14.7. The van der Waals surface area contributed by atoms with E-state index < -0.39 is 32.3 Å². The third-order valence-electron chi connectivity index (χ3n) is 4.17. The molecule has 2 unspecified atom stereocenters. The van der Waals surface area contributed by atoms with Crippen LogP contribution in [-0.2, 0) is 27.6 Å². The number of nitrogens with zero attached hydrogens (tertiary/aromatic N) is 4. The van der Waals surface area contributed by atoms with Crippen LogP contribution in [0.25, 0.3) is 21.3 Å². The van der Waals surface area contributed by atoms with E-state index in [1.165, 1.54) is 12.3 Å². The molecular weight excluding hydrogens is 469 g/mol. The fourth-order valence-electron chi connectivity index (χ4n) is 2.82. The normalized spacial score (nSPS) is 14.0. The van der Waals surface area contributed by atoms with Crippen molar-refractivity contribution in [2.24, 2.45) is 0 Å². The van der Waals surface area contributed by atoms with Gasteiger partial charge in [0.25, 0.3) is 0 Å². The molecule has 10 nitrogen and oxygen atoms in total. The standard InChI is InChI=1S/C17H14FN5O5S3/c1-31(26,27)15(16-23-22-14(28-16)8-20-30(24)25)17-21-11-4-2-9(6-12(11)29-17)10-3-5-13(18)19-7-10/h2-7,15,20H,8H2,1H3,(H,24,25). The molecule has 0 amide bonds. The average Bonchev–Trinajstić information content (AvgIpc) is 3.32. The van der Waals surface area contributed by atoms with Crippen molar-refractivity contribution < 1.29 is 26.0 Å². The number of sulfone groups is 1. The van der Waals surface area contributed by atoms with Gasteiger partial charge in [-0.25, -0.2) is 27.3 Å². The molecule has 0 aliphatic heterocycles. The van der Waals surface area contributed by atoms with Crippen molar-refractivity contribution in [3.8, 4) is 11.1 Å². The van der Waals surface area contributed by atoms with E-state index >= 15 is 0 Å². The molecule has 14 heteroatoms. The minimum atomic E-state index is -3.73. The van der Waals surface area contributed by atoms with Gasteiger partial charge in [0.15, 0.2) is 15.1 Å². The van der Waals surface area contributed by atoms with E-state index in [1.54, 1.807) is 18.2 Å². The summed E-state index contributed by atoms with van der Waals surface area (Å²) >= 11 is -1.13. The van der Waals surface area contributed by atoms with Crippen molar-refractivity contribution in [1.29, 1.82) is 0 Å². The third kappa shape index (κ3) is 4.83. The first-order valence-corrected chi connectivity index (χ1v) is 12.5. The second-order valence-electron chi connectivity index (χ2n) is 6.42. The summed E-state index contributed by atoms with van der Waals surface area (Å²) in [5.41, 5.74) is 2.05. The molecule has 1 aromatic carbocycles. The maximum atomic E-state index is 13.1. The number of benzene rings is 1. The molecule has 2 N–H and O–H groups in total. The summed E-state index contributed by atoms with van der Waals surface area (Å²) in [4.78, 5) is 8.06. The molecule has 3 aromatic heterocycles. The first kappa shape index (κ1) is 21.6. The number of nitrogens with one attached hydrogen (secondary N) is 1. The minimum Gasteiger partial charge on any atom is -0.422 e. The highest BCUT2D eigenvalue weighted by Crippen LogP contribution is 2.36. The van der Waals surface area contributed by atoms with Crippen molar-refractivity contribution in [1.82, 2.24) is 24.9 Å². The lowest BCUT2D eigenvalue weighted by molar-refractivity contribution is 0.442. The summed E-state index contributed by atoms with van der Waals surface area (Å²) in [6, 6.07) is 8.17. The molecule has 31 heavy (non-hydrogen) atoms. The van der Waals surface area contributed by atoms with Crippen molar-refractivity contribution in [3.63, 3.8) is 0 Å². The third-order valence-corrected chi connectivity index (χ3v) is 7.08. The van der Waals surface area contributed by atoms with Gasteiger partial charge in [0.2, 0.25) is 29.0 Å². The molecule has 0 aliphatic carbocycles. The van der Waals surface area contributed by atoms with E-state index in [0.717, 1.165) is 23.2 Å². The number of hydrogen-bond acceptors (Lipinski definition) is 9. The fraction of sp³-hybridized carbons (Fsp3) is 0.176. The number of fused-ring (bicyclic) bond motifs is 1. The first-order valence-electron chi connectivity index (χ1n) is 8.58. The van der Waals surface area contributed by atoms with Crippen molar-refractivity contribution >= 4 is 42.7 Å². The lowest BCUT2D eigenvalue weighted by Gasteiger charge is -2.07. The number of rotatable bonds is 7. The SMILES string of the molecule is CS(=O)(=O)C(c1nnc(CNS(=O)O)o1)c1nc2ccc(-c3ccc(F)nc3)cc2s1. The van der Waals surface area contributed by atoms with Gasteiger partial charge in [-0.15, -0.1) is 21.5 Å². The summed E-state index contributed by atoms with van der Waals surface area (Å²) in [5.74, 6) is -0.816.